The zero-order valence-electron chi connectivity index (χ0n) is 16.8. The predicted molar refractivity (Wildman–Crippen MR) is 110 cm³/mol. The number of nitrogens with zero attached hydrogens (tertiary/aromatic N) is 4. The summed E-state index contributed by atoms with van der Waals surface area (Å²) in [6.07, 6.45) is 1.48. The summed E-state index contributed by atoms with van der Waals surface area (Å²) in [7, 11) is 0. The van der Waals surface area contributed by atoms with Gasteiger partial charge in [0.2, 0.25) is 11.8 Å². The molecule has 2 aliphatic rings. The molecule has 0 radical (unpaired) electrons. The van der Waals surface area contributed by atoms with Crippen LogP contribution >= 0.6 is 0 Å². The Morgan fingerprint density at radius 2 is 1.93 bits per heavy atom. The summed E-state index contributed by atoms with van der Waals surface area (Å²) in [5.41, 5.74) is 2.47. The second-order valence-electron chi connectivity index (χ2n) is 7.73. The lowest BCUT2D eigenvalue weighted by Gasteiger charge is -2.33. The van der Waals surface area contributed by atoms with E-state index in [1.54, 1.807) is 4.90 Å². The number of carbonyl (C=O) groups is 2. The quantitative estimate of drug-likeness (QED) is 0.801. The molecule has 2 aliphatic heterocycles. The van der Waals surface area contributed by atoms with Crippen molar-refractivity contribution in [2.45, 2.75) is 26.3 Å². The molecule has 4 rings (SSSR count). The average molecular weight is 397 g/mol. The summed E-state index contributed by atoms with van der Waals surface area (Å²) in [5.74, 6) is 0.992. The van der Waals surface area contributed by atoms with Crippen LogP contribution in [0.5, 0.6) is 0 Å². The van der Waals surface area contributed by atoms with E-state index in [9.17, 15) is 9.59 Å². The van der Waals surface area contributed by atoms with Gasteiger partial charge in [0.1, 0.15) is 0 Å². The lowest BCUT2D eigenvalue weighted by atomic mass is 10.2. The maximum Gasteiger partial charge on any atom is 0.238 e. The maximum atomic E-state index is 12.5. The summed E-state index contributed by atoms with van der Waals surface area (Å²) >= 11 is 0. The van der Waals surface area contributed by atoms with E-state index in [0.29, 0.717) is 13.0 Å². The fourth-order valence-electron chi connectivity index (χ4n) is 3.89. The number of benzene rings is 1. The first kappa shape index (κ1) is 19.6. The third-order valence-corrected chi connectivity index (χ3v) is 5.40. The Morgan fingerprint density at radius 3 is 2.62 bits per heavy atom. The second kappa shape index (κ2) is 8.75. The van der Waals surface area contributed by atoms with E-state index in [1.807, 2.05) is 37.3 Å². The van der Waals surface area contributed by atoms with Gasteiger partial charge in [-0.25, -0.2) is 0 Å². The molecule has 1 aromatic heterocycles. The first-order valence-electron chi connectivity index (χ1n) is 10.1. The van der Waals surface area contributed by atoms with Crippen molar-refractivity contribution in [3.63, 3.8) is 0 Å². The summed E-state index contributed by atoms with van der Waals surface area (Å²) in [6.45, 7) is 7.23. The molecule has 29 heavy (non-hydrogen) atoms. The number of amides is 2. The molecule has 8 nitrogen and oxygen atoms in total. The Kier molecular flexibility index (Phi) is 5.92. The summed E-state index contributed by atoms with van der Waals surface area (Å²) < 4.78 is 5.28. The number of hydrogen-bond acceptors (Lipinski definition) is 6. The largest absolute Gasteiger partial charge is 0.360 e. The number of carbonyl (C=O) groups excluding carboxylic acids is 2. The van der Waals surface area contributed by atoms with Crippen LogP contribution in [-0.2, 0) is 16.1 Å². The monoisotopic (exact) mass is 397 g/mol. The zero-order chi connectivity index (χ0) is 20.2. The molecule has 2 saturated heterocycles. The molecule has 0 spiro atoms. The molecule has 0 bridgehead atoms. The number of nitrogens with one attached hydrogen (secondary N) is 1. The highest BCUT2D eigenvalue weighted by Crippen LogP contribution is 2.24. The molecule has 0 aliphatic carbocycles. The normalized spacial score (nSPS) is 18.4. The fourth-order valence-corrected chi connectivity index (χ4v) is 3.89. The highest BCUT2D eigenvalue weighted by molar-refractivity contribution is 5.97. The van der Waals surface area contributed by atoms with Crippen LogP contribution in [0.1, 0.15) is 24.3 Å². The van der Waals surface area contributed by atoms with Gasteiger partial charge in [-0.2, -0.15) is 0 Å². The van der Waals surface area contributed by atoms with Crippen LogP contribution in [0.25, 0.3) is 0 Å². The van der Waals surface area contributed by atoms with Gasteiger partial charge < -0.3 is 14.7 Å². The Balaban J connectivity index is 1.25. The van der Waals surface area contributed by atoms with Gasteiger partial charge in [-0.3, -0.25) is 19.4 Å². The third kappa shape index (κ3) is 5.02. The maximum absolute atomic E-state index is 12.5. The van der Waals surface area contributed by atoms with Gasteiger partial charge in [0, 0.05) is 56.6 Å². The van der Waals surface area contributed by atoms with Gasteiger partial charge in [-0.05, 0) is 31.5 Å². The van der Waals surface area contributed by atoms with Crippen LogP contribution in [0, 0.1) is 6.92 Å². The van der Waals surface area contributed by atoms with E-state index in [2.05, 4.69) is 20.3 Å². The highest BCUT2D eigenvalue weighted by atomic mass is 16.5. The molecule has 2 fully saturated rings. The molecule has 3 heterocycles. The average Bonchev–Trinajstić information content (AvgIpc) is 3.31. The van der Waals surface area contributed by atoms with E-state index < -0.39 is 0 Å². The van der Waals surface area contributed by atoms with Gasteiger partial charge in [-0.1, -0.05) is 11.2 Å². The van der Waals surface area contributed by atoms with Crippen LogP contribution in [0.4, 0.5) is 11.4 Å². The van der Waals surface area contributed by atoms with E-state index >= 15 is 0 Å². The number of anilines is 2. The minimum Gasteiger partial charge on any atom is -0.360 e. The highest BCUT2D eigenvalue weighted by Gasteiger charge is 2.23. The van der Waals surface area contributed by atoms with Crippen molar-refractivity contribution >= 4 is 23.2 Å². The van der Waals surface area contributed by atoms with Crippen molar-refractivity contribution in [3.8, 4) is 0 Å². The standard InChI is InChI=1S/C21H27N5O3/c1-16-12-19(29-23-16)14-24-8-10-25(11-9-24)15-20(27)22-17-4-2-5-18(13-17)26-7-3-6-21(26)28/h2,4-5,12-13H,3,6-11,14-15H2,1H3,(H,22,27). The minimum absolute atomic E-state index is 0.0331. The Morgan fingerprint density at radius 1 is 1.14 bits per heavy atom. The number of hydrogen-bond donors (Lipinski definition) is 1. The summed E-state index contributed by atoms with van der Waals surface area (Å²) in [6, 6.07) is 9.48. The smallest absolute Gasteiger partial charge is 0.238 e. The van der Waals surface area contributed by atoms with Crippen molar-refractivity contribution in [1.29, 1.82) is 0 Å². The van der Waals surface area contributed by atoms with Crippen LogP contribution in [0.2, 0.25) is 0 Å². The molecule has 1 aromatic carbocycles. The Labute approximate surface area is 170 Å². The summed E-state index contributed by atoms with van der Waals surface area (Å²) in [4.78, 5) is 30.7. The van der Waals surface area contributed by atoms with Gasteiger partial charge in [0.05, 0.1) is 18.8 Å². The molecular weight excluding hydrogens is 370 g/mol. The molecule has 0 unspecified atom stereocenters. The van der Waals surface area contributed by atoms with E-state index in [-0.39, 0.29) is 11.8 Å². The minimum atomic E-state index is -0.0331. The van der Waals surface area contributed by atoms with E-state index in [1.165, 1.54) is 0 Å². The SMILES string of the molecule is Cc1cc(CN2CCN(CC(=O)Nc3cccc(N4CCCC4=O)c3)CC2)on1. The van der Waals surface area contributed by atoms with Gasteiger partial charge in [0.25, 0.3) is 0 Å². The predicted octanol–water partition coefficient (Wildman–Crippen LogP) is 1.87. The Bertz CT molecular complexity index is 873. The lowest BCUT2D eigenvalue weighted by molar-refractivity contribution is -0.118. The number of aromatic nitrogens is 1. The molecule has 0 atom stereocenters. The molecular formula is C21H27N5O3. The first-order valence-corrected chi connectivity index (χ1v) is 10.1. The molecule has 1 N–H and O–H groups in total. The fraction of sp³-hybridized carbons (Fsp3) is 0.476. The van der Waals surface area contributed by atoms with Crippen LogP contribution in [0.15, 0.2) is 34.9 Å². The number of aryl methyl sites for hydroxylation is 1. The number of piperazine rings is 1. The van der Waals surface area contributed by atoms with E-state index in [0.717, 1.165) is 68.5 Å². The van der Waals surface area contributed by atoms with Crippen LogP contribution < -0.4 is 10.2 Å². The van der Waals surface area contributed by atoms with E-state index in [4.69, 9.17) is 4.52 Å². The van der Waals surface area contributed by atoms with Crippen molar-refractivity contribution < 1.29 is 14.1 Å². The topological polar surface area (TPSA) is 81.9 Å². The molecule has 154 valence electrons. The van der Waals surface area contributed by atoms with Crippen LogP contribution in [-0.4, -0.2) is 66.0 Å². The molecule has 8 heteroatoms. The number of rotatable bonds is 6. The van der Waals surface area contributed by atoms with Crippen molar-refractivity contribution in [3.05, 3.63) is 41.8 Å². The van der Waals surface area contributed by atoms with Gasteiger partial charge in [-0.15, -0.1) is 0 Å². The van der Waals surface area contributed by atoms with Crippen LogP contribution in [0.3, 0.4) is 0 Å². The van der Waals surface area contributed by atoms with Gasteiger partial charge >= 0.3 is 0 Å². The lowest BCUT2D eigenvalue weighted by Crippen LogP contribution is -2.48. The third-order valence-electron chi connectivity index (χ3n) is 5.40. The molecule has 2 aromatic rings. The first-order chi connectivity index (χ1) is 14.1. The second-order valence-corrected chi connectivity index (χ2v) is 7.73. The molecule has 0 saturated carbocycles. The summed E-state index contributed by atoms with van der Waals surface area (Å²) in [5, 5.41) is 6.89. The van der Waals surface area contributed by atoms with Crippen molar-refractivity contribution in [2.75, 3.05) is 49.5 Å². The van der Waals surface area contributed by atoms with Crippen molar-refractivity contribution in [1.82, 2.24) is 15.0 Å². The van der Waals surface area contributed by atoms with Gasteiger partial charge in [0.15, 0.2) is 5.76 Å². The Hall–Kier alpha value is -2.71. The van der Waals surface area contributed by atoms with Crippen molar-refractivity contribution in [2.24, 2.45) is 0 Å². The molecule has 2 amide bonds. The zero-order valence-corrected chi connectivity index (χ0v) is 16.8.